The molecule has 12 heavy (non-hydrogen) atoms. The molecule has 0 rings (SSSR count). The van der Waals surface area contributed by atoms with E-state index in [0.29, 0.717) is 6.61 Å². The quantitative estimate of drug-likeness (QED) is 0.297. The Morgan fingerprint density at radius 2 is 2.42 bits per heavy atom. The van der Waals surface area contributed by atoms with Crippen LogP contribution in [0.5, 0.6) is 0 Å². The zero-order chi connectivity index (χ0) is 9.40. The van der Waals surface area contributed by atoms with Crippen LogP contribution in [0.3, 0.4) is 0 Å². The number of carbonyl (C=O) groups excluding carboxylic acids is 1. The van der Waals surface area contributed by atoms with Gasteiger partial charge in [-0.25, -0.2) is 0 Å². The van der Waals surface area contributed by atoms with E-state index in [1.54, 1.807) is 13.8 Å². The molecule has 1 N–H and O–H groups in total. The first kappa shape index (κ1) is 12.1. The Hall–Kier alpha value is 0.130. The van der Waals surface area contributed by atoms with Gasteiger partial charge in [0.15, 0.2) is 0 Å². The van der Waals surface area contributed by atoms with Crippen molar-refractivity contribution in [3.63, 3.8) is 0 Å². The minimum absolute atomic E-state index is 0.193. The monoisotopic (exact) mass is 209 g/mol. The van der Waals surface area contributed by atoms with Gasteiger partial charge in [0.05, 0.1) is 6.61 Å². The van der Waals surface area contributed by atoms with Gasteiger partial charge in [-0.15, -0.1) is 11.7 Å². The molecular formula is C7H15NO2S2. The van der Waals surface area contributed by atoms with Gasteiger partial charge in [0, 0.05) is 12.3 Å². The average molecular weight is 209 g/mol. The van der Waals surface area contributed by atoms with Crippen molar-refractivity contribution in [2.45, 2.75) is 19.9 Å². The molecule has 0 spiro atoms. The molecule has 0 saturated heterocycles. The second kappa shape index (κ2) is 7.76. The van der Waals surface area contributed by atoms with E-state index in [0.717, 1.165) is 12.3 Å². The maximum Gasteiger partial charge on any atom is 0.322 e. The number of esters is 1. The lowest BCUT2D eigenvalue weighted by molar-refractivity contribution is -0.145. The van der Waals surface area contributed by atoms with Crippen molar-refractivity contribution in [2.24, 2.45) is 0 Å². The van der Waals surface area contributed by atoms with E-state index in [4.69, 9.17) is 4.74 Å². The lowest BCUT2D eigenvalue weighted by atomic mass is 10.3. The maximum atomic E-state index is 11.0. The molecule has 0 heterocycles. The van der Waals surface area contributed by atoms with Gasteiger partial charge in [0.1, 0.15) is 6.04 Å². The third-order valence-electron chi connectivity index (χ3n) is 1.28. The third kappa shape index (κ3) is 5.74. The lowest BCUT2D eigenvalue weighted by Crippen LogP contribution is -2.36. The van der Waals surface area contributed by atoms with E-state index in [1.807, 2.05) is 0 Å². The largest absolute Gasteiger partial charge is 0.465 e. The van der Waals surface area contributed by atoms with E-state index in [9.17, 15) is 4.79 Å². The van der Waals surface area contributed by atoms with Crippen LogP contribution in [0.1, 0.15) is 13.8 Å². The molecular weight excluding hydrogens is 194 g/mol. The van der Waals surface area contributed by atoms with Gasteiger partial charge in [-0.1, -0.05) is 10.8 Å². The molecule has 0 bridgehead atoms. The zero-order valence-corrected chi connectivity index (χ0v) is 9.08. The number of hydrogen-bond acceptors (Lipinski definition) is 5. The number of rotatable bonds is 6. The smallest absolute Gasteiger partial charge is 0.322 e. The summed E-state index contributed by atoms with van der Waals surface area (Å²) in [6.07, 6.45) is 0. The van der Waals surface area contributed by atoms with Gasteiger partial charge in [-0.3, -0.25) is 4.79 Å². The maximum absolute atomic E-state index is 11.0. The first-order chi connectivity index (χ1) is 5.72. The number of ether oxygens (including phenoxy) is 1. The van der Waals surface area contributed by atoms with Gasteiger partial charge in [0.25, 0.3) is 0 Å². The molecule has 72 valence electrons. The second-order valence-corrected chi connectivity index (χ2v) is 3.70. The molecule has 0 aromatic heterocycles. The Bertz CT molecular complexity index is 133. The Labute approximate surface area is 82.4 Å². The number of hydrogen-bond donors (Lipinski definition) is 2. The highest BCUT2D eigenvalue weighted by atomic mass is 33.1. The number of nitrogens with one attached hydrogen (secondary N) is 1. The van der Waals surface area contributed by atoms with E-state index in [-0.39, 0.29) is 12.0 Å². The Kier molecular flexibility index (Phi) is 7.85. The molecule has 0 amide bonds. The van der Waals surface area contributed by atoms with Crippen molar-refractivity contribution >= 4 is 28.4 Å². The van der Waals surface area contributed by atoms with E-state index in [2.05, 4.69) is 17.0 Å². The van der Waals surface area contributed by atoms with Crippen LogP contribution in [0.4, 0.5) is 0 Å². The normalized spacial score (nSPS) is 12.6. The van der Waals surface area contributed by atoms with Gasteiger partial charge >= 0.3 is 5.97 Å². The zero-order valence-electron chi connectivity index (χ0n) is 7.37. The van der Waals surface area contributed by atoms with Gasteiger partial charge in [-0.2, -0.15) is 0 Å². The van der Waals surface area contributed by atoms with E-state index >= 15 is 0 Å². The standard InChI is InChI=1S/C7H15NO2S2/c1-3-10-7(9)6(2)8-4-5-12-11/h6,8,11H,3-5H2,1-2H3. The molecule has 0 saturated carbocycles. The Balaban J connectivity index is 3.42. The second-order valence-electron chi connectivity index (χ2n) is 2.26. The first-order valence-corrected chi connectivity index (χ1v) is 5.92. The number of carbonyl (C=O) groups is 1. The van der Waals surface area contributed by atoms with Crippen LogP contribution in [-0.2, 0) is 9.53 Å². The van der Waals surface area contributed by atoms with Crippen LogP contribution in [0, 0.1) is 0 Å². The topological polar surface area (TPSA) is 38.3 Å². The highest BCUT2D eigenvalue weighted by molar-refractivity contribution is 8.68. The van der Waals surface area contributed by atoms with E-state index < -0.39 is 0 Å². The van der Waals surface area contributed by atoms with Crippen molar-refractivity contribution in [3.8, 4) is 0 Å². The molecule has 3 nitrogen and oxygen atoms in total. The predicted octanol–water partition coefficient (Wildman–Crippen LogP) is 1.11. The molecule has 1 atom stereocenters. The van der Waals surface area contributed by atoms with Crippen molar-refractivity contribution in [3.05, 3.63) is 0 Å². The Morgan fingerprint density at radius 1 is 1.75 bits per heavy atom. The fourth-order valence-corrected chi connectivity index (χ4v) is 1.15. The Morgan fingerprint density at radius 3 is 2.92 bits per heavy atom. The van der Waals surface area contributed by atoms with Gasteiger partial charge in [0.2, 0.25) is 0 Å². The van der Waals surface area contributed by atoms with Crippen molar-refractivity contribution < 1.29 is 9.53 Å². The van der Waals surface area contributed by atoms with Gasteiger partial charge in [-0.05, 0) is 13.8 Å². The highest BCUT2D eigenvalue weighted by Crippen LogP contribution is 2.01. The van der Waals surface area contributed by atoms with Crippen molar-refractivity contribution in [1.29, 1.82) is 0 Å². The summed E-state index contributed by atoms with van der Waals surface area (Å²) in [5.41, 5.74) is 0. The molecule has 0 aliphatic heterocycles. The summed E-state index contributed by atoms with van der Waals surface area (Å²) in [6.45, 7) is 4.80. The van der Waals surface area contributed by atoms with E-state index in [1.165, 1.54) is 10.8 Å². The average Bonchev–Trinajstić information content (AvgIpc) is 2.05. The molecule has 0 radical (unpaired) electrons. The summed E-state index contributed by atoms with van der Waals surface area (Å²) in [5.74, 6) is 0.689. The highest BCUT2D eigenvalue weighted by Gasteiger charge is 2.11. The molecule has 0 aromatic rings. The van der Waals surface area contributed by atoms with Crippen LogP contribution in [-0.4, -0.2) is 30.9 Å². The van der Waals surface area contributed by atoms with Crippen LogP contribution >= 0.6 is 22.5 Å². The fourth-order valence-electron chi connectivity index (χ4n) is 0.672. The summed E-state index contributed by atoms with van der Waals surface area (Å²) in [5, 5.41) is 3.02. The summed E-state index contributed by atoms with van der Waals surface area (Å²) in [4.78, 5) is 11.0. The van der Waals surface area contributed by atoms with Crippen LogP contribution < -0.4 is 5.32 Å². The summed E-state index contributed by atoms with van der Waals surface area (Å²) in [7, 11) is 1.45. The van der Waals surface area contributed by atoms with Crippen LogP contribution in [0.25, 0.3) is 0 Å². The summed E-state index contributed by atoms with van der Waals surface area (Å²) < 4.78 is 4.81. The minimum atomic E-state index is -0.217. The lowest BCUT2D eigenvalue weighted by Gasteiger charge is -2.11. The van der Waals surface area contributed by atoms with Crippen LogP contribution in [0.15, 0.2) is 0 Å². The third-order valence-corrected chi connectivity index (χ3v) is 2.22. The SMILES string of the molecule is CCOC(=O)C(C)NCCSS. The minimum Gasteiger partial charge on any atom is -0.465 e. The predicted molar refractivity (Wildman–Crippen MR) is 55.5 cm³/mol. The van der Waals surface area contributed by atoms with Crippen LogP contribution in [0.2, 0.25) is 0 Å². The fraction of sp³-hybridized carbons (Fsp3) is 0.857. The van der Waals surface area contributed by atoms with Crippen molar-refractivity contribution in [1.82, 2.24) is 5.32 Å². The molecule has 0 aliphatic carbocycles. The molecule has 0 aliphatic rings. The molecule has 0 fully saturated rings. The summed E-state index contributed by atoms with van der Waals surface area (Å²) in [6, 6.07) is -0.217. The van der Waals surface area contributed by atoms with Crippen molar-refractivity contribution in [2.75, 3.05) is 18.9 Å². The number of thiol groups is 1. The molecule has 5 heteroatoms. The molecule has 1 unspecified atom stereocenters. The van der Waals surface area contributed by atoms with Gasteiger partial charge < -0.3 is 10.1 Å². The summed E-state index contributed by atoms with van der Waals surface area (Å²) >= 11 is 3.98. The molecule has 0 aromatic carbocycles. The first-order valence-electron chi connectivity index (χ1n) is 3.88.